The summed E-state index contributed by atoms with van der Waals surface area (Å²) in [5.41, 5.74) is 12.2. The first-order chi connectivity index (χ1) is 8.86. The van der Waals surface area contributed by atoms with Gasteiger partial charge in [-0.25, -0.2) is 0 Å². The Morgan fingerprint density at radius 1 is 0.947 bits per heavy atom. The lowest BCUT2D eigenvalue weighted by molar-refractivity contribution is 0.103. The van der Waals surface area contributed by atoms with Gasteiger partial charge in [0.15, 0.2) is 5.69 Å². The number of aryl methyl sites for hydroxylation is 1. The number of nitrogen functional groups attached to an aromatic ring is 1. The molecular formula is C14H18N4O. The molecule has 0 bridgehead atoms. The molecule has 1 heterocycles. The Morgan fingerprint density at radius 2 is 1.53 bits per heavy atom. The fourth-order valence-corrected chi connectivity index (χ4v) is 2.25. The van der Waals surface area contributed by atoms with Crippen molar-refractivity contribution in [1.29, 1.82) is 0 Å². The van der Waals surface area contributed by atoms with E-state index in [2.05, 4.69) is 15.4 Å². The third-order valence-electron chi connectivity index (χ3n) is 3.90. The minimum absolute atomic E-state index is 0.174. The molecule has 2 rings (SSSR count). The van der Waals surface area contributed by atoms with Gasteiger partial charge in [0.25, 0.3) is 0 Å². The molecular weight excluding hydrogens is 240 g/mol. The third-order valence-corrected chi connectivity index (χ3v) is 3.90. The largest absolute Gasteiger partial charge is 0.398 e. The number of nitrogens with two attached hydrogens (primary N) is 1. The zero-order valence-electron chi connectivity index (χ0n) is 11.9. The SMILES string of the molecule is Cc1n[nH]nc1C(=O)c1c(C)c(C)c(C)c(C)c1N. The average molecular weight is 258 g/mol. The van der Waals surface area contributed by atoms with Gasteiger partial charge in [0.1, 0.15) is 0 Å². The van der Waals surface area contributed by atoms with Gasteiger partial charge in [-0.3, -0.25) is 4.79 Å². The van der Waals surface area contributed by atoms with Crippen LogP contribution < -0.4 is 5.73 Å². The second kappa shape index (κ2) is 4.50. The van der Waals surface area contributed by atoms with Crippen molar-refractivity contribution in [3.8, 4) is 0 Å². The molecule has 0 saturated carbocycles. The first-order valence-electron chi connectivity index (χ1n) is 6.14. The first kappa shape index (κ1) is 13.3. The Bertz CT molecular complexity index is 641. The molecule has 0 saturated heterocycles. The van der Waals surface area contributed by atoms with E-state index < -0.39 is 0 Å². The minimum atomic E-state index is -0.174. The van der Waals surface area contributed by atoms with Gasteiger partial charge in [-0.15, -0.1) is 0 Å². The Labute approximate surface area is 112 Å². The molecule has 5 nitrogen and oxygen atoms in total. The number of aromatic nitrogens is 3. The highest BCUT2D eigenvalue weighted by Crippen LogP contribution is 2.30. The molecule has 19 heavy (non-hydrogen) atoms. The molecule has 5 heteroatoms. The Kier molecular flexibility index (Phi) is 3.14. The van der Waals surface area contributed by atoms with E-state index in [1.165, 1.54) is 0 Å². The number of nitrogens with one attached hydrogen (secondary N) is 1. The number of rotatable bonds is 2. The van der Waals surface area contributed by atoms with E-state index in [-0.39, 0.29) is 5.78 Å². The van der Waals surface area contributed by atoms with Crippen LogP contribution in [0.25, 0.3) is 0 Å². The van der Waals surface area contributed by atoms with Gasteiger partial charge in [-0.05, 0) is 56.9 Å². The highest BCUT2D eigenvalue weighted by atomic mass is 16.1. The van der Waals surface area contributed by atoms with E-state index in [0.29, 0.717) is 22.6 Å². The second-order valence-electron chi connectivity index (χ2n) is 4.88. The van der Waals surface area contributed by atoms with E-state index in [9.17, 15) is 4.79 Å². The number of H-pyrrole nitrogens is 1. The number of nitrogens with zero attached hydrogens (tertiary/aromatic N) is 2. The monoisotopic (exact) mass is 258 g/mol. The fourth-order valence-electron chi connectivity index (χ4n) is 2.25. The number of ketones is 1. The van der Waals surface area contributed by atoms with Gasteiger partial charge in [0.2, 0.25) is 5.78 Å². The summed E-state index contributed by atoms with van der Waals surface area (Å²) in [5, 5.41) is 10.3. The van der Waals surface area contributed by atoms with Gasteiger partial charge < -0.3 is 5.73 Å². The van der Waals surface area contributed by atoms with Crippen molar-refractivity contribution < 1.29 is 4.79 Å². The Morgan fingerprint density at radius 3 is 2.05 bits per heavy atom. The third kappa shape index (κ3) is 1.91. The average Bonchev–Trinajstić information content (AvgIpc) is 2.80. The van der Waals surface area contributed by atoms with Crippen molar-refractivity contribution in [2.75, 3.05) is 5.73 Å². The summed E-state index contributed by atoms with van der Waals surface area (Å²) in [6, 6.07) is 0. The van der Waals surface area contributed by atoms with Crippen LogP contribution >= 0.6 is 0 Å². The molecule has 1 aromatic heterocycles. The van der Waals surface area contributed by atoms with Gasteiger partial charge in [-0.1, -0.05) is 0 Å². The molecule has 2 aromatic rings. The molecule has 0 atom stereocenters. The summed E-state index contributed by atoms with van der Waals surface area (Å²) < 4.78 is 0. The summed E-state index contributed by atoms with van der Waals surface area (Å²) in [4.78, 5) is 12.6. The quantitative estimate of drug-likeness (QED) is 0.638. The highest BCUT2D eigenvalue weighted by molar-refractivity contribution is 6.13. The number of hydrogen-bond donors (Lipinski definition) is 2. The highest BCUT2D eigenvalue weighted by Gasteiger charge is 2.23. The van der Waals surface area contributed by atoms with Crippen molar-refractivity contribution in [2.45, 2.75) is 34.6 Å². The molecule has 3 N–H and O–H groups in total. The molecule has 1 aromatic carbocycles. The minimum Gasteiger partial charge on any atom is -0.398 e. The molecule has 0 aliphatic carbocycles. The van der Waals surface area contributed by atoms with E-state index in [4.69, 9.17) is 5.73 Å². The number of carbonyl (C=O) groups is 1. The first-order valence-corrected chi connectivity index (χ1v) is 6.14. The van der Waals surface area contributed by atoms with Crippen LogP contribution in [-0.4, -0.2) is 21.2 Å². The van der Waals surface area contributed by atoms with E-state index in [1.54, 1.807) is 6.92 Å². The molecule has 100 valence electrons. The maximum Gasteiger partial charge on any atom is 0.217 e. The smallest absolute Gasteiger partial charge is 0.217 e. The lowest BCUT2D eigenvalue weighted by Gasteiger charge is -2.16. The fraction of sp³-hybridized carbons (Fsp3) is 0.357. The van der Waals surface area contributed by atoms with Gasteiger partial charge in [0, 0.05) is 5.69 Å². The van der Waals surface area contributed by atoms with E-state index in [0.717, 1.165) is 22.3 Å². The van der Waals surface area contributed by atoms with Crippen molar-refractivity contribution >= 4 is 11.5 Å². The number of carbonyl (C=O) groups excluding carboxylic acids is 1. The van der Waals surface area contributed by atoms with Crippen molar-refractivity contribution in [2.24, 2.45) is 0 Å². The van der Waals surface area contributed by atoms with E-state index in [1.807, 2.05) is 27.7 Å². The van der Waals surface area contributed by atoms with Crippen LogP contribution in [0.15, 0.2) is 0 Å². The Balaban J connectivity index is 2.71. The number of aromatic amines is 1. The summed E-state index contributed by atoms with van der Waals surface area (Å²) in [6.07, 6.45) is 0. The number of hydrogen-bond acceptors (Lipinski definition) is 4. The molecule has 0 aliphatic rings. The topological polar surface area (TPSA) is 84.7 Å². The summed E-state index contributed by atoms with van der Waals surface area (Å²) in [6.45, 7) is 9.62. The summed E-state index contributed by atoms with van der Waals surface area (Å²) in [5.74, 6) is -0.174. The maximum atomic E-state index is 12.6. The standard InChI is InChI=1S/C14H18N4O/c1-6-7(2)9(4)12(15)11(8(6)3)14(19)13-10(5)16-18-17-13/h15H2,1-5H3,(H,16,17,18). The summed E-state index contributed by atoms with van der Waals surface area (Å²) in [7, 11) is 0. The van der Waals surface area contributed by atoms with Crippen LogP contribution in [0.2, 0.25) is 0 Å². The Hall–Kier alpha value is -2.17. The van der Waals surface area contributed by atoms with Crippen LogP contribution in [0.5, 0.6) is 0 Å². The van der Waals surface area contributed by atoms with Gasteiger partial charge >= 0.3 is 0 Å². The predicted molar refractivity (Wildman–Crippen MR) is 74.4 cm³/mol. The van der Waals surface area contributed by atoms with Gasteiger partial charge in [0.05, 0.1) is 11.3 Å². The zero-order valence-corrected chi connectivity index (χ0v) is 11.9. The number of benzene rings is 1. The molecule has 0 fully saturated rings. The summed E-state index contributed by atoms with van der Waals surface area (Å²) >= 11 is 0. The van der Waals surface area contributed by atoms with Crippen LogP contribution in [0.3, 0.4) is 0 Å². The molecule has 0 radical (unpaired) electrons. The second-order valence-corrected chi connectivity index (χ2v) is 4.88. The van der Waals surface area contributed by atoms with Crippen molar-refractivity contribution in [3.63, 3.8) is 0 Å². The lowest BCUT2D eigenvalue weighted by Crippen LogP contribution is -2.13. The molecule has 0 aliphatic heterocycles. The van der Waals surface area contributed by atoms with Crippen molar-refractivity contribution in [1.82, 2.24) is 15.4 Å². The van der Waals surface area contributed by atoms with Crippen LogP contribution in [0, 0.1) is 34.6 Å². The molecule has 0 unspecified atom stereocenters. The molecule has 0 amide bonds. The van der Waals surface area contributed by atoms with Crippen LogP contribution in [-0.2, 0) is 0 Å². The van der Waals surface area contributed by atoms with Crippen LogP contribution in [0.4, 0.5) is 5.69 Å². The van der Waals surface area contributed by atoms with Crippen molar-refractivity contribution in [3.05, 3.63) is 39.2 Å². The lowest BCUT2D eigenvalue weighted by atomic mass is 9.89. The predicted octanol–water partition coefficient (Wildman–Crippen LogP) is 2.16. The van der Waals surface area contributed by atoms with Crippen LogP contribution in [0.1, 0.15) is 44.0 Å². The van der Waals surface area contributed by atoms with Gasteiger partial charge in [-0.2, -0.15) is 15.4 Å². The number of anilines is 1. The zero-order chi connectivity index (χ0) is 14.3. The normalized spacial score (nSPS) is 10.8. The molecule has 0 spiro atoms. The van der Waals surface area contributed by atoms with E-state index >= 15 is 0 Å². The maximum absolute atomic E-state index is 12.6.